The van der Waals surface area contributed by atoms with Gasteiger partial charge in [0.05, 0.1) is 23.5 Å². The Bertz CT molecular complexity index is 657. The molecule has 116 valence electrons. The van der Waals surface area contributed by atoms with E-state index < -0.39 is 0 Å². The Morgan fingerprint density at radius 3 is 2.91 bits per heavy atom. The van der Waals surface area contributed by atoms with E-state index in [9.17, 15) is 9.18 Å². The first kappa shape index (κ1) is 14.6. The summed E-state index contributed by atoms with van der Waals surface area (Å²) in [6, 6.07) is 6.28. The van der Waals surface area contributed by atoms with E-state index in [-0.39, 0.29) is 18.1 Å². The maximum atomic E-state index is 13.6. The molecule has 0 radical (unpaired) electrons. The van der Waals surface area contributed by atoms with Crippen molar-refractivity contribution in [3.63, 3.8) is 0 Å². The van der Waals surface area contributed by atoms with E-state index in [0.29, 0.717) is 17.9 Å². The van der Waals surface area contributed by atoms with E-state index in [2.05, 4.69) is 17.0 Å². The normalized spacial score (nSPS) is 14.1. The monoisotopic (exact) mass is 303 g/mol. The zero-order valence-corrected chi connectivity index (χ0v) is 12.5. The Kier molecular flexibility index (Phi) is 4.09. The maximum Gasteiger partial charge on any atom is 0.233 e. The fourth-order valence-corrected chi connectivity index (χ4v) is 2.78. The van der Waals surface area contributed by atoms with Gasteiger partial charge in [-0.25, -0.2) is 4.39 Å². The summed E-state index contributed by atoms with van der Waals surface area (Å²) in [6.07, 6.45) is 2.60. The quantitative estimate of drug-likeness (QED) is 0.871. The number of benzene rings is 1. The van der Waals surface area contributed by atoms with Crippen molar-refractivity contribution in [3.8, 4) is 0 Å². The first-order chi connectivity index (χ1) is 10.7. The Hall–Kier alpha value is -2.37. The smallest absolute Gasteiger partial charge is 0.233 e. The minimum absolute atomic E-state index is 0.100. The molecule has 2 heterocycles. The minimum Gasteiger partial charge on any atom is -0.368 e. The van der Waals surface area contributed by atoms with Crippen molar-refractivity contribution in [1.29, 1.82) is 0 Å². The minimum atomic E-state index is -0.337. The number of nitrogens with zero attached hydrogens (tertiary/aromatic N) is 3. The molecule has 0 saturated carbocycles. The van der Waals surface area contributed by atoms with Gasteiger partial charge in [-0.1, -0.05) is 12.1 Å². The highest BCUT2D eigenvalue weighted by atomic mass is 19.1. The number of rotatable bonds is 4. The summed E-state index contributed by atoms with van der Waals surface area (Å²) >= 11 is 0. The molecular formula is C16H18FN3O2. The summed E-state index contributed by atoms with van der Waals surface area (Å²) in [5.41, 5.74) is 2.12. The van der Waals surface area contributed by atoms with Crippen LogP contribution >= 0.6 is 0 Å². The van der Waals surface area contributed by atoms with Crippen LogP contribution in [0.3, 0.4) is 0 Å². The lowest BCUT2D eigenvalue weighted by Gasteiger charge is -2.37. The molecule has 0 N–H and O–H groups in total. The van der Waals surface area contributed by atoms with Crippen LogP contribution in [0, 0.1) is 5.82 Å². The first-order valence-corrected chi connectivity index (χ1v) is 7.43. The van der Waals surface area contributed by atoms with Gasteiger partial charge in [0.15, 0.2) is 0 Å². The third-order valence-corrected chi connectivity index (χ3v) is 3.78. The summed E-state index contributed by atoms with van der Waals surface area (Å²) < 4.78 is 18.4. The van der Waals surface area contributed by atoms with Gasteiger partial charge >= 0.3 is 0 Å². The average Bonchev–Trinajstić information content (AvgIpc) is 3.00. The van der Waals surface area contributed by atoms with Crippen molar-refractivity contribution >= 4 is 17.3 Å². The standard InChI is InChI=1S/C16H18FN3O2/c1-2-6-19-7-8-20(15-10-12(17)3-4-14(15)19)16(21)11-13-5-9-22-18-13/h3-5,9-10H,2,6-8,11H2,1H3. The van der Waals surface area contributed by atoms with Crippen LogP contribution in [0.25, 0.3) is 0 Å². The third-order valence-electron chi connectivity index (χ3n) is 3.78. The topological polar surface area (TPSA) is 49.6 Å². The lowest BCUT2D eigenvalue weighted by atomic mass is 10.1. The molecular weight excluding hydrogens is 285 g/mol. The Morgan fingerprint density at radius 2 is 2.18 bits per heavy atom. The van der Waals surface area contributed by atoms with Crippen molar-refractivity contribution in [2.75, 3.05) is 29.4 Å². The Balaban J connectivity index is 1.88. The highest BCUT2D eigenvalue weighted by Crippen LogP contribution is 2.34. The number of halogens is 1. The molecule has 0 bridgehead atoms. The Morgan fingerprint density at radius 1 is 1.32 bits per heavy atom. The fourth-order valence-electron chi connectivity index (χ4n) is 2.78. The molecule has 5 nitrogen and oxygen atoms in total. The largest absolute Gasteiger partial charge is 0.368 e. The van der Waals surface area contributed by atoms with Gasteiger partial charge < -0.3 is 14.3 Å². The lowest BCUT2D eigenvalue weighted by Crippen LogP contribution is -2.45. The van der Waals surface area contributed by atoms with E-state index in [1.807, 2.05) is 0 Å². The van der Waals surface area contributed by atoms with E-state index in [4.69, 9.17) is 4.52 Å². The predicted molar refractivity (Wildman–Crippen MR) is 81.5 cm³/mol. The summed E-state index contributed by atoms with van der Waals surface area (Å²) in [5.74, 6) is -0.437. The van der Waals surface area contributed by atoms with Gasteiger partial charge in [-0.3, -0.25) is 4.79 Å². The van der Waals surface area contributed by atoms with Crippen LogP contribution in [-0.4, -0.2) is 30.7 Å². The molecule has 1 aromatic heterocycles. The third kappa shape index (κ3) is 2.81. The van der Waals surface area contributed by atoms with E-state index in [1.165, 1.54) is 18.4 Å². The second kappa shape index (κ2) is 6.17. The fraction of sp³-hybridized carbons (Fsp3) is 0.375. The molecule has 22 heavy (non-hydrogen) atoms. The molecule has 0 aliphatic carbocycles. The van der Waals surface area contributed by atoms with Crippen molar-refractivity contribution in [3.05, 3.63) is 42.0 Å². The van der Waals surface area contributed by atoms with Crippen molar-refractivity contribution in [2.45, 2.75) is 19.8 Å². The molecule has 1 aliphatic heterocycles. The maximum absolute atomic E-state index is 13.6. The molecule has 0 spiro atoms. The SMILES string of the molecule is CCCN1CCN(C(=O)Cc2ccon2)c2cc(F)ccc21. The van der Waals surface area contributed by atoms with Gasteiger partial charge in [0.1, 0.15) is 12.1 Å². The second-order valence-electron chi connectivity index (χ2n) is 5.33. The highest BCUT2D eigenvalue weighted by molar-refractivity contribution is 5.98. The van der Waals surface area contributed by atoms with Gasteiger partial charge in [-0.05, 0) is 24.6 Å². The molecule has 1 amide bonds. The number of amides is 1. The van der Waals surface area contributed by atoms with Crippen molar-refractivity contribution in [1.82, 2.24) is 5.16 Å². The molecule has 0 fully saturated rings. The number of anilines is 2. The van der Waals surface area contributed by atoms with Crippen molar-refractivity contribution < 1.29 is 13.7 Å². The highest BCUT2D eigenvalue weighted by Gasteiger charge is 2.27. The van der Waals surface area contributed by atoms with Gasteiger partial charge in [-0.15, -0.1) is 0 Å². The molecule has 6 heteroatoms. The zero-order valence-electron chi connectivity index (χ0n) is 12.5. The summed E-state index contributed by atoms with van der Waals surface area (Å²) in [6.45, 7) is 4.29. The lowest BCUT2D eigenvalue weighted by molar-refractivity contribution is -0.118. The van der Waals surface area contributed by atoms with Gasteiger partial charge in [0.25, 0.3) is 0 Å². The zero-order chi connectivity index (χ0) is 15.5. The molecule has 0 unspecified atom stereocenters. The average molecular weight is 303 g/mol. The van der Waals surface area contributed by atoms with Crippen LogP contribution in [0.2, 0.25) is 0 Å². The summed E-state index contributed by atoms with van der Waals surface area (Å²) in [5, 5.41) is 3.76. The molecule has 3 rings (SSSR count). The summed E-state index contributed by atoms with van der Waals surface area (Å²) in [4.78, 5) is 16.3. The van der Waals surface area contributed by atoms with E-state index in [0.717, 1.165) is 25.2 Å². The van der Waals surface area contributed by atoms with Crippen LogP contribution in [0.5, 0.6) is 0 Å². The molecule has 2 aromatic rings. The summed E-state index contributed by atoms with van der Waals surface area (Å²) in [7, 11) is 0. The molecule has 0 saturated heterocycles. The molecule has 0 atom stereocenters. The molecule has 1 aromatic carbocycles. The van der Waals surface area contributed by atoms with Crippen LogP contribution in [-0.2, 0) is 11.2 Å². The van der Waals surface area contributed by atoms with Crippen LogP contribution in [0.1, 0.15) is 19.0 Å². The van der Waals surface area contributed by atoms with Crippen LogP contribution < -0.4 is 9.80 Å². The first-order valence-electron chi connectivity index (χ1n) is 7.43. The van der Waals surface area contributed by atoms with Crippen LogP contribution in [0.15, 0.2) is 35.1 Å². The van der Waals surface area contributed by atoms with Crippen molar-refractivity contribution in [2.24, 2.45) is 0 Å². The number of hydrogen-bond acceptors (Lipinski definition) is 4. The Labute approximate surface area is 128 Å². The van der Waals surface area contributed by atoms with Gasteiger partial charge in [0, 0.05) is 25.7 Å². The van der Waals surface area contributed by atoms with E-state index >= 15 is 0 Å². The number of carbonyl (C=O) groups excluding carboxylic acids is 1. The number of aromatic nitrogens is 1. The number of fused-ring (bicyclic) bond motifs is 1. The molecule has 1 aliphatic rings. The van der Waals surface area contributed by atoms with Crippen LogP contribution in [0.4, 0.5) is 15.8 Å². The predicted octanol–water partition coefficient (Wildman–Crippen LogP) is 2.62. The van der Waals surface area contributed by atoms with E-state index in [1.54, 1.807) is 17.0 Å². The van der Waals surface area contributed by atoms with Gasteiger partial charge in [0.2, 0.25) is 5.91 Å². The van der Waals surface area contributed by atoms with Gasteiger partial charge in [-0.2, -0.15) is 0 Å². The second-order valence-corrected chi connectivity index (χ2v) is 5.33. The number of carbonyl (C=O) groups is 1. The number of hydrogen-bond donors (Lipinski definition) is 0.